The zero-order valence-corrected chi connectivity index (χ0v) is 43.4. The molecule has 2 aliphatic rings. The molecule has 0 spiro atoms. The highest BCUT2D eigenvalue weighted by molar-refractivity contribution is 6.34. The molecule has 6 aromatic carbocycles. The number of nitrogens with zero attached hydrogens (tertiary/aromatic N) is 7. The van der Waals surface area contributed by atoms with E-state index in [9.17, 15) is 24.0 Å². The van der Waals surface area contributed by atoms with Gasteiger partial charge < -0.3 is 25.6 Å². The first-order valence-electron chi connectivity index (χ1n) is 24.9. The molecule has 5 N–H and O–H groups in total. The van der Waals surface area contributed by atoms with Crippen molar-refractivity contribution in [3.05, 3.63) is 176 Å². The number of rotatable bonds is 10. The van der Waals surface area contributed by atoms with Crippen molar-refractivity contribution in [1.29, 1.82) is 0 Å². The summed E-state index contributed by atoms with van der Waals surface area (Å²) in [5, 5.41) is 36.6. The van der Waals surface area contributed by atoms with E-state index in [2.05, 4.69) is 46.5 Å². The number of hydrogen-bond acceptors (Lipinski definition) is 11. The lowest BCUT2D eigenvalue weighted by Crippen LogP contribution is -2.52. The Balaban J connectivity index is 0.000000166. The van der Waals surface area contributed by atoms with E-state index >= 15 is 0 Å². The lowest BCUT2D eigenvalue weighted by atomic mass is 10.0. The van der Waals surface area contributed by atoms with Gasteiger partial charge in [0.2, 0.25) is 0 Å². The van der Waals surface area contributed by atoms with Crippen LogP contribution in [0.2, 0.25) is 10.0 Å². The van der Waals surface area contributed by atoms with Crippen molar-refractivity contribution >= 4 is 95.8 Å². The molecule has 77 heavy (non-hydrogen) atoms. The van der Waals surface area contributed by atoms with Crippen LogP contribution in [0.15, 0.2) is 143 Å². The summed E-state index contributed by atoms with van der Waals surface area (Å²) in [5.41, 5.74) is 4.78. The molecule has 3 amide bonds. The van der Waals surface area contributed by atoms with Gasteiger partial charge in [-0.15, -0.1) is 0 Å². The van der Waals surface area contributed by atoms with Crippen molar-refractivity contribution in [2.75, 3.05) is 36.8 Å². The third-order valence-electron chi connectivity index (χ3n) is 13.4. The van der Waals surface area contributed by atoms with E-state index in [1.807, 2.05) is 103 Å². The maximum absolute atomic E-state index is 13.4. The second-order valence-corrected chi connectivity index (χ2v) is 20.9. The molecule has 2 fully saturated rings. The Labute approximate surface area is 449 Å². The molecular formula is C57H50Cl2N12O6. The summed E-state index contributed by atoms with van der Waals surface area (Å²) in [6, 6.07) is 40.1. The lowest BCUT2D eigenvalue weighted by Gasteiger charge is -2.39. The molecule has 6 heterocycles. The monoisotopic (exact) mass is 1070 g/mol. The number of aromatic nitrogens is 8. The van der Waals surface area contributed by atoms with E-state index < -0.39 is 5.60 Å². The van der Waals surface area contributed by atoms with Crippen LogP contribution in [-0.2, 0) is 17.8 Å². The van der Waals surface area contributed by atoms with Gasteiger partial charge in [-0.25, -0.2) is 15.0 Å². The fourth-order valence-corrected chi connectivity index (χ4v) is 10.1. The van der Waals surface area contributed by atoms with Crippen LogP contribution in [-0.4, -0.2) is 94.5 Å². The van der Waals surface area contributed by atoms with Crippen LogP contribution in [0.4, 0.5) is 16.2 Å². The topological polar surface area (TPSA) is 227 Å². The molecule has 12 rings (SSSR count). The zero-order chi connectivity index (χ0) is 53.5. The first kappa shape index (κ1) is 50.4. The average molecular weight is 1070 g/mol. The van der Waals surface area contributed by atoms with Crippen molar-refractivity contribution in [2.24, 2.45) is 11.8 Å². The number of halogens is 2. The first-order chi connectivity index (χ1) is 37.2. The van der Waals surface area contributed by atoms with E-state index in [1.165, 1.54) is 0 Å². The molecule has 10 aromatic rings. The van der Waals surface area contributed by atoms with Crippen LogP contribution in [0.3, 0.4) is 0 Å². The fraction of sp³-hybridized carbons (Fsp3) is 0.211. The molecule has 20 heteroatoms. The smallest absolute Gasteiger partial charge is 0.410 e. The number of H-pyrrole nitrogens is 2. The van der Waals surface area contributed by atoms with E-state index in [0.717, 1.165) is 41.4 Å². The van der Waals surface area contributed by atoms with Crippen LogP contribution < -0.4 is 27.1 Å². The van der Waals surface area contributed by atoms with Crippen LogP contribution in [0.5, 0.6) is 0 Å². The van der Waals surface area contributed by atoms with Gasteiger partial charge in [0, 0.05) is 95.2 Å². The third-order valence-corrected chi connectivity index (χ3v) is 14.1. The normalized spacial score (nSPS) is 13.8. The van der Waals surface area contributed by atoms with Gasteiger partial charge in [0.1, 0.15) is 17.0 Å². The number of fused-ring (bicyclic) bond motifs is 4. The van der Waals surface area contributed by atoms with Gasteiger partial charge in [-0.05, 0) is 81.4 Å². The number of aromatic amines is 2. The molecule has 388 valence electrons. The number of benzene rings is 6. The summed E-state index contributed by atoms with van der Waals surface area (Å²) in [7, 11) is 0. The molecule has 0 atom stereocenters. The molecule has 2 aliphatic heterocycles. The van der Waals surface area contributed by atoms with Crippen LogP contribution in [0.1, 0.15) is 41.7 Å². The number of likely N-dealkylation sites (tertiary alicyclic amines) is 1. The van der Waals surface area contributed by atoms with Crippen molar-refractivity contribution in [3.8, 4) is 22.5 Å². The van der Waals surface area contributed by atoms with E-state index in [1.54, 1.807) is 65.6 Å². The Morgan fingerprint density at radius 2 is 1.00 bits per heavy atom. The van der Waals surface area contributed by atoms with Gasteiger partial charge >= 0.3 is 6.09 Å². The van der Waals surface area contributed by atoms with Crippen LogP contribution in [0.25, 0.3) is 65.9 Å². The lowest BCUT2D eigenvalue weighted by molar-refractivity contribution is -0.00365. The van der Waals surface area contributed by atoms with E-state index in [-0.39, 0.29) is 34.9 Å². The van der Waals surface area contributed by atoms with Crippen molar-refractivity contribution in [3.63, 3.8) is 0 Å². The summed E-state index contributed by atoms with van der Waals surface area (Å²) < 4.78 is 9.19. The summed E-state index contributed by atoms with van der Waals surface area (Å²) in [6.07, 6.45) is -0.321. The molecule has 0 bridgehead atoms. The predicted octanol–water partition coefficient (Wildman–Crippen LogP) is 9.78. The molecule has 0 saturated carbocycles. The van der Waals surface area contributed by atoms with Gasteiger partial charge in [-0.1, -0.05) is 96.0 Å². The SMILES string of the molecule is CC(C)(C)OC(=O)N1CC(Cn2nc(C(=O)Nc3ccc(-c4n[nH]c(=O)c5ccccc45)c(Cl)c3)c3ccccc32)C1.O=C(Nc1ccc(-c2n[nH]c(=O)c3ccccc23)c(Cl)c1)c1nn(CC2CNC2)c2ccccc12. The highest BCUT2D eigenvalue weighted by Crippen LogP contribution is 2.35. The van der Waals surface area contributed by atoms with E-state index in [4.69, 9.17) is 27.9 Å². The van der Waals surface area contributed by atoms with Crippen LogP contribution >= 0.6 is 23.2 Å². The summed E-state index contributed by atoms with van der Waals surface area (Å²) in [6.45, 7) is 9.91. The Bertz CT molecular complexity index is 4080. The van der Waals surface area contributed by atoms with Crippen molar-refractivity contribution in [2.45, 2.75) is 39.5 Å². The molecule has 2 saturated heterocycles. The maximum Gasteiger partial charge on any atom is 0.410 e. The Morgan fingerprint density at radius 1 is 0.584 bits per heavy atom. The summed E-state index contributed by atoms with van der Waals surface area (Å²) in [4.78, 5) is 64.9. The minimum Gasteiger partial charge on any atom is -0.444 e. The minimum absolute atomic E-state index is 0.195. The second-order valence-electron chi connectivity index (χ2n) is 20.1. The third kappa shape index (κ3) is 10.4. The number of hydrogen-bond donors (Lipinski definition) is 5. The molecule has 0 unspecified atom stereocenters. The van der Waals surface area contributed by atoms with Gasteiger partial charge in [0.25, 0.3) is 22.9 Å². The predicted molar refractivity (Wildman–Crippen MR) is 299 cm³/mol. The maximum atomic E-state index is 13.4. The number of amides is 3. The fourth-order valence-electron chi connectivity index (χ4n) is 9.59. The van der Waals surface area contributed by atoms with Gasteiger partial charge in [0.15, 0.2) is 11.4 Å². The number of carbonyl (C=O) groups excluding carboxylic acids is 3. The Morgan fingerprint density at radius 3 is 1.42 bits per heavy atom. The highest BCUT2D eigenvalue weighted by Gasteiger charge is 2.35. The van der Waals surface area contributed by atoms with E-state index in [0.29, 0.717) is 102 Å². The van der Waals surface area contributed by atoms with Crippen LogP contribution in [0, 0.1) is 11.8 Å². The van der Waals surface area contributed by atoms with Gasteiger partial charge in [-0.3, -0.25) is 28.5 Å². The Hall–Kier alpha value is -8.71. The van der Waals surface area contributed by atoms with Gasteiger partial charge in [-0.2, -0.15) is 20.4 Å². The second kappa shape index (κ2) is 20.8. The minimum atomic E-state index is -0.541. The summed E-state index contributed by atoms with van der Waals surface area (Å²) in [5.74, 6) is 0.0346. The number of nitrogens with one attached hydrogen (secondary N) is 5. The number of anilines is 2. The highest BCUT2D eigenvalue weighted by atomic mass is 35.5. The molecule has 0 radical (unpaired) electrons. The molecule has 0 aliphatic carbocycles. The number of carbonyl (C=O) groups is 3. The molecule has 4 aromatic heterocycles. The van der Waals surface area contributed by atoms with Crippen molar-refractivity contribution in [1.82, 2.24) is 50.2 Å². The first-order valence-corrected chi connectivity index (χ1v) is 25.7. The summed E-state index contributed by atoms with van der Waals surface area (Å²) >= 11 is 13.2. The number of para-hydroxylation sites is 2. The molecular weight excluding hydrogens is 1020 g/mol. The number of ether oxygens (including phenoxy) is 1. The standard InChI is InChI=1S/C31H29ClN6O4.C26H21ClN6O2/c1-31(2,3)42-30(41)37-15-18(16-37)17-38-25-11-7-6-10-23(25)27(36-38)29(40)33-19-12-13-22(24(32)14-19)26-20-8-4-5-9-21(20)28(39)35-34-26;27-21-11-16(9-10-19(21)23-17-5-1-2-6-18(17)25(34)31-30-23)29-26(35)24-20-7-3-4-8-22(20)33(32-24)14-15-12-28-13-15/h4-14,18H,15-17H2,1-3H3,(H,33,40)(H,35,39);1-11,15,28H,12-14H2,(H,29,35)(H,31,34). The largest absolute Gasteiger partial charge is 0.444 e. The van der Waals surface area contributed by atoms with Crippen molar-refractivity contribution < 1.29 is 19.1 Å². The molecule has 18 nitrogen and oxygen atoms in total. The quantitative estimate of drug-likeness (QED) is 0.0866. The van der Waals surface area contributed by atoms with Gasteiger partial charge in [0.05, 0.1) is 31.9 Å². The average Bonchev–Trinajstić information content (AvgIpc) is 3.95. The Kier molecular flexibility index (Phi) is 13.6. The zero-order valence-electron chi connectivity index (χ0n) is 41.9.